The van der Waals surface area contributed by atoms with E-state index in [0.29, 0.717) is 19.6 Å². The monoisotopic (exact) mass is 315 g/mol. The number of benzene rings is 1. The van der Waals surface area contributed by atoms with Gasteiger partial charge >= 0.3 is 0 Å². The van der Waals surface area contributed by atoms with Crippen LogP contribution in [-0.2, 0) is 4.84 Å². The third-order valence-corrected chi connectivity index (χ3v) is 3.46. The number of rotatable bonds is 2. The van der Waals surface area contributed by atoms with E-state index in [0.717, 1.165) is 12.1 Å². The van der Waals surface area contributed by atoms with E-state index in [1.54, 1.807) is 5.06 Å². The van der Waals surface area contributed by atoms with Crippen LogP contribution in [0.1, 0.15) is 20.8 Å². The number of nitrogens with zero attached hydrogens (tertiary/aromatic N) is 3. The molecule has 0 atom stereocenters. The van der Waals surface area contributed by atoms with Gasteiger partial charge in [-0.05, 0) is 20.8 Å². The lowest BCUT2D eigenvalue weighted by molar-refractivity contribution is -0.385. The minimum atomic E-state index is -0.934. The number of hydrogen-bond acceptors (Lipinski definition) is 5. The first-order chi connectivity index (χ1) is 10.2. The Kier molecular flexibility index (Phi) is 4.62. The van der Waals surface area contributed by atoms with Gasteiger partial charge in [-0.25, -0.2) is 8.78 Å². The van der Waals surface area contributed by atoms with E-state index in [1.165, 1.54) is 4.90 Å². The second kappa shape index (κ2) is 6.13. The molecule has 0 radical (unpaired) electrons. The van der Waals surface area contributed by atoms with Crippen LogP contribution < -0.4 is 4.90 Å². The van der Waals surface area contributed by atoms with Gasteiger partial charge in [0.25, 0.3) is 5.69 Å². The zero-order chi connectivity index (χ0) is 16.5. The van der Waals surface area contributed by atoms with Crippen LogP contribution in [0, 0.1) is 21.7 Å². The summed E-state index contributed by atoms with van der Waals surface area (Å²) in [4.78, 5) is 16.9. The number of anilines is 1. The Morgan fingerprint density at radius 2 is 1.77 bits per heavy atom. The van der Waals surface area contributed by atoms with Gasteiger partial charge in [0, 0.05) is 25.2 Å². The van der Waals surface area contributed by atoms with Gasteiger partial charge in [-0.1, -0.05) is 0 Å². The van der Waals surface area contributed by atoms with Gasteiger partial charge < -0.3 is 4.90 Å². The Morgan fingerprint density at radius 1 is 1.18 bits per heavy atom. The van der Waals surface area contributed by atoms with E-state index >= 15 is 0 Å². The Balaban J connectivity index is 2.24. The van der Waals surface area contributed by atoms with Gasteiger partial charge in [0.15, 0.2) is 11.6 Å². The van der Waals surface area contributed by atoms with Gasteiger partial charge in [0.2, 0.25) is 0 Å². The SMILES string of the molecule is CC(C)(C)N1CCN(c2c(F)cc([N+](=O)[O-])cc2F)CCO1. The minimum Gasteiger partial charge on any atom is -0.363 e. The van der Waals surface area contributed by atoms with Crippen molar-refractivity contribution >= 4 is 11.4 Å². The fourth-order valence-corrected chi connectivity index (χ4v) is 2.36. The minimum absolute atomic E-state index is 0.220. The predicted octanol–water partition coefficient (Wildman–Crippen LogP) is 2.73. The summed E-state index contributed by atoms with van der Waals surface area (Å²) >= 11 is 0. The smallest absolute Gasteiger partial charge is 0.275 e. The third-order valence-electron chi connectivity index (χ3n) is 3.46. The third kappa shape index (κ3) is 3.50. The molecule has 8 heteroatoms. The molecule has 1 aromatic rings. The van der Waals surface area contributed by atoms with Gasteiger partial charge in [0.1, 0.15) is 5.69 Å². The summed E-state index contributed by atoms with van der Waals surface area (Å²) < 4.78 is 28.2. The maximum atomic E-state index is 14.1. The molecule has 1 heterocycles. The molecule has 2 rings (SSSR count). The maximum Gasteiger partial charge on any atom is 0.275 e. The lowest BCUT2D eigenvalue weighted by Crippen LogP contribution is -2.42. The van der Waals surface area contributed by atoms with Crippen LogP contribution in [0.4, 0.5) is 20.2 Å². The number of nitro benzene ring substituents is 1. The average molecular weight is 315 g/mol. The molecule has 0 aromatic heterocycles. The van der Waals surface area contributed by atoms with Crippen molar-refractivity contribution in [3.8, 4) is 0 Å². The second-order valence-electron chi connectivity index (χ2n) is 6.11. The van der Waals surface area contributed by atoms with E-state index in [9.17, 15) is 18.9 Å². The summed E-state index contributed by atoms with van der Waals surface area (Å²) in [6.07, 6.45) is 0. The highest BCUT2D eigenvalue weighted by atomic mass is 19.1. The van der Waals surface area contributed by atoms with Crippen LogP contribution in [0.3, 0.4) is 0 Å². The number of hydroxylamine groups is 2. The molecule has 1 saturated heterocycles. The van der Waals surface area contributed by atoms with Crippen molar-refractivity contribution in [1.29, 1.82) is 0 Å². The lowest BCUT2D eigenvalue weighted by atomic mass is 10.1. The fraction of sp³-hybridized carbons (Fsp3) is 0.571. The zero-order valence-electron chi connectivity index (χ0n) is 12.8. The first-order valence-electron chi connectivity index (χ1n) is 6.99. The Hall–Kier alpha value is -1.80. The molecule has 0 saturated carbocycles. The summed E-state index contributed by atoms with van der Waals surface area (Å²) in [7, 11) is 0. The molecule has 0 spiro atoms. The molecule has 6 nitrogen and oxygen atoms in total. The first-order valence-corrected chi connectivity index (χ1v) is 6.99. The molecule has 1 aliphatic rings. The standard InChI is InChI=1S/C14H19F2N3O3/c1-14(2,3)18-5-4-17(6-7-22-18)13-11(15)8-10(19(20)21)9-12(13)16/h8-9H,4-7H2,1-3H3. The Bertz CT molecular complexity index is 552. The van der Waals surface area contributed by atoms with E-state index in [-0.39, 0.29) is 17.8 Å². The highest BCUT2D eigenvalue weighted by molar-refractivity contribution is 5.54. The van der Waals surface area contributed by atoms with Crippen LogP contribution in [0.2, 0.25) is 0 Å². The van der Waals surface area contributed by atoms with Gasteiger partial charge in [0.05, 0.1) is 23.7 Å². The summed E-state index contributed by atoms with van der Waals surface area (Å²) in [6, 6.07) is 1.48. The largest absolute Gasteiger partial charge is 0.363 e. The van der Waals surface area contributed by atoms with Gasteiger partial charge in [-0.3, -0.25) is 15.0 Å². The van der Waals surface area contributed by atoms with Crippen LogP contribution in [-0.4, -0.2) is 41.8 Å². The topological polar surface area (TPSA) is 58.9 Å². The van der Waals surface area contributed by atoms with Crippen LogP contribution in [0.5, 0.6) is 0 Å². The van der Waals surface area contributed by atoms with Gasteiger partial charge in [-0.15, -0.1) is 0 Å². The highest BCUT2D eigenvalue weighted by Crippen LogP contribution is 2.29. The van der Waals surface area contributed by atoms with Crippen molar-refractivity contribution in [3.63, 3.8) is 0 Å². The van der Waals surface area contributed by atoms with Crippen molar-refractivity contribution in [2.75, 3.05) is 31.1 Å². The van der Waals surface area contributed by atoms with Crippen molar-refractivity contribution in [2.45, 2.75) is 26.3 Å². The van der Waals surface area contributed by atoms with Crippen molar-refractivity contribution in [3.05, 3.63) is 33.9 Å². The van der Waals surface area contributed by atoms with Crippen molar-refractivity contribution in [2.24, 2.45) is 0 Å². The van der Waals surface area contributed by atoms with E-state index in [4.69, 9.17) is 4.84 Å². The normalized spacial score (nSPS) is 17.4. The van der Waals surface area contributed by atoms with Crippen LogP contribution in [0.15, 0.2) is 12.1 Å². The van der Waals surface area contributed by atoms with E-state index in [2.05, 4.69) is 0 Å². The summed E-state index contributed by atoms with van der Waals surface area (Å²) in [5, 5.41) is 12.4. The Labute approximate surface area is 127 Å². The van der Waals surface area contributed by atoms with Crippen LogP contribution >= 0.6 is 0 Å². The molecule has 1 aliphatic heterocycles. The second-order valence-corrected chi connectivity index (χ2v) is 6.11. The molecule has 0 unspecified atom stereocenters. The molecular formula is C14H19F2N3O3. The van der Waals surface area contributed by atoms with Gasteiger partial charge in [-0.2, -0.15) is 5.06 Å². The Morgan fingerprint density at radius 3 is 2.27 bits per heavy atom. The number of nitro groups is 1. The van der Waals surface area contributed by atoms with E-state index < -0.39 is 22.2 Å². The quantitative estimate of drug-likeness (QED) is 0.620. The first kappa shape index (κ1) is 16.6. The molecule has 22 heavy (non-hydrogen) atoms. The molecule has 1 fully saturated rings. The molecule has 1 aromatic carbocycles. The molecule has 0 N–H and O–H groups in total. The maximum absolute atomic E-state index is 14.1. The summed E-state index contributed by atoms with van der Waals surface area (Å²) in [5.41, 5.74) is -1.06. The molecule has 0 bridgehead atoms. The number of hydrogen-bond donors (Lipinski definition) is 0. The molecule has 0 amide bonds. The van der Waals surface area contributed by atoms with Crippen LogP contribution in [0.25, 0.3) is 0 Å². The van der Waals surface area contributed by atoms with Crippen molar-refractivity contribution < 1.29 is 18.5 Å². The molecular weight excluding hydrogens is 296 g/mol. The lowest BCUT2D eigenvalue weighted by Gasteiger charge is -2.32. The number of non-ortho nitro benzene ring substituents is 1. The average Bonchev–Trinajstić information content (AvgIpc) is 2.63. The molecule has 122 valence electrons. The van der Waals surface area contributed by atoms with E-state index in [1.807, 2.05) is 20.8 Å². The van der Waals surface area contributed by atoms with Crippen molar-refractivity contribution in [1.82, 2.24) is 5.06 Å². The predicted molar refractivity (Wildman–Crippen MR) is 77.6 cm³/mol. The highest BCUT2D eigenvalue weighted by Gasteiger charge is 2.28. The molecule has 0 aliphatic carbocycles. The zero-order valence-corrected chi connectivity index (χ0v) is 12.8. The number of halogens is 2. The summed E-state index contributed by atoms with van der Waals surface area (Å²) in [6.45, 7) is 7.37. The summed E-state index contributed by atoms with van der Waals surface area (Å²) in [5.74, 6) is -1.87. The fourth-order valence-electron chi connectivity index (χ4n) is 2.36.